The van der Waals surface area contributed by atoms with Crippen molar-refractivity contribution in [3.8, 4) is 0 Å². The molecule has 0 saturated heterocycles. The molecule has 0 N–H and O–H groups in total. The van der Waals surface area contributed by atoms with Gasteiger partial charge in [-0.1, -0.05) is 59.6 Å². The van der Waals surface area contributed by atoms with Gasteiger partial charge in [0.2, 0.25) is 0 Å². The topological polar surface area (TPSA) is 34.1 Å². The van der Waals surface area contributed by atoms with E-state index in [9.17, 15) is 8.42 Å². The second kappa shape index (κ2) is 6.25. The van der Waals surface area contributed by atoms with Crippen LogP contribution in [0.3, 0.4) is 0 Å². The zero-order chi connectivity index (χ0) is 14.6. The Morgan fingerprint density at radius 1 is 1.05 bits per heavy atom. The summed E-state index contributed by atoms with van der Waals surface area (Å²) in [7, 11) is -3.33. The molecule has 0 spiro atoms. The highest BCUT2D eigenvalue weighted by Gasteiger charge is 2.10. The van der Waals surface area contributed by atoms with E-state index >= 15 is 0 Å². The van der Waals surface area contributed by atoms with Gasteiger partial charge < -0.3 is 0 Å². The molecule has 2 aromatic carbocycles. The van der Waals surface area contributed by atoms with Gasteiger partial charge in [0.05, 0.1) is 5.75 Å². The molecule has 20 heavy (non-hydrogen) atoms. The highest BCUT2D eigenvalue weighted by Crippen LogP contribution is 2.18. The van der Waals surface area contributed by atoms with Crippen molar-refractivity contribution in [3.63, 3.8) is 0 Å². The summed E-state index contributed by atoms with van der Waals surface area (Å²) in [5, 5.41) is 1.71. The summed E-state index contributed by atoms with van der Waals surface area (Å²) >= 11 is 5.98. The molecule has 4 heteroatoms. The molecular weight excluding hydrogens is 292 g/mol. The van der Waals surface area contributed by atoms with Crippen LogP contribution >= 0.6 is 11.6 Å². The minimum Gasteiger partial charge on any atom is -0.224 e. The van der Waals surface area contributed by atoms with E-state index in [2.05, 4.69) is 0 Å². The molecule has 104 valence electrons. The fourth-order valence-electron chi connectivity index (χ4n) is 1.74. The van der Waals surface area contributed by atoms with E-state index in [0.717, 1.165) is 11.1 Å². The van der Waals surface area contributed by atoms with E-state index in [1.807, 2.05) is 31.2 Å². The summed E-state index contributed by atoms with van der Waals surface area (Å²) in [6.07, 6.45) is 1.60. The van der Waals surface area contributed by atoms with Crippen LogP contribution < -0.4 is 0 Å². The zero-order valence-corrected chi connectivity index (χ0v) is 12.7. The lowest BCUT2D eigenvalue weighted by atomic mass is 10.2. The second-order valence-electron chi connectivity index (χ2n) is 4.61. The van der Waals surface area contributed by atoms with Crippen LogP contribution in [0.5, 0.6) is 0 Å². The van der Waals surface area contributed by atoms with Gasteiger partial charge in [0, 0.05) is 10.4 Å². The van der Waals surface area contributed by atoms with Gasteiger partial charge in [-0.25, -0.2) is 8.42 Å². The second-order valence-corrected chi connectivity index (χ2v) is 6.91. The molecule has 0 aromatic heterocycles. The van der Waals surface area contributed by atoms with Crippen molar-refractivity contribution in [2.24, 2.45) is 0 Å². The monoisotopic (exact) mass is 306 g/mol. The largest absolute Gasteiger partial charge is 0.224 e. The Balaban J connectivity index is 2.15. The average molecular weight is 307 g/mol. The van der Waals surface area contributed by atoms with Gasteiger partial charge in [-0.3, -0.25) is 0 Å². The maximum absolute atomic E-state index is 12.0. The number of rotatable bonds is 4. The number of sulfone groups is 1. The first kappa shape index (κ1) is 14.8. The van der Waals surface area contributed by atoms with Crippen molar-refractivity contribution >= 4 is 27.5 Å². The Hall–Kier alpha value is -1.58. The van der Waals surface area contributed by atoms with Gasteiger partial charge in [-0.15, -0.1) is 0 Å². The Morgan fingerprint density at radius 2 is 1.70 bits per heavy atom. The molecule has 2 aromatic rings. The first-order valence-electron chi connectivity index (χ1n) is 6.17. The third kappa shape index (κ3) is 4.22. The normalized spacial score (nSPS) is 11.9. The molecular formula is C16H15ClO2S. The molecule has 0 heterocycles. The number of hydrogen-bond acceptors (Lipinski definition) is 2. The Morgan fingerprint density at radius 3 is 2.35 bits per heavy atom. The third-order valence-electron chi connectivity index (χ3n) is 2.86. The van der Waals surface area contributed by atoms with E-state index in [1.54, 1.807) is 30.3 Å². The minimum atomic E-state index is -3.33. The average Bonchev–Trinajstić information content (AvgIpc) is 2.41. The third-order valence-corrected chi connectivity index (χ3v) is 4.49. The highest BCUT2D eigenvalue weighted by molar-refractivity contribution is 7.93. The zero-order valence-electron chi connectivity index (χ0n) is 11.1. The quantitative estimate of drug-likeness (QED) is 0.847. The molecule has 0 aliphatic carbocycles. The van der Waals surface area contributed by atoms with Gasteiger partial charge >= 0.3 is 0 Å². The van der Waals surface area contributed by atoms with Crippen molar-refractivity contribution in [2.75, 3.05) is 0 Å². The lowest BCUT2D eigenvalue weighted by molar-refractivity contribution is 0.604. The van der Waals surface area contributed by atoms with Gasteiger partial charge in [0.25, 0.3) is 0 Å². The molecule has 0 amide bonds. The summed E-state index contributed by atoms with van der Waals surface area (Å²) in [5.41, 5.74) is 2.61. The predicted octanol–water partition coefficient (Wildman–Crippen LogP) is 4.23. The first-order valence-corrected chi connectivity index (χ1v) is 8.26. The summed E-state index contributed by atoms with van der Waals surface area (Å²) in [6, 6.07) is 14.6. The van der Waals surface area contributed by atoms with Crippen molar-refractivity contribution in [1.82, 2.24) is 0 Å². The van der Waals surface area contributed by atoms with Gasteiger partial charge in [0.1, 0.15) is 0 Å². The molecule has 0 saturated carbocycles. The number of benzene rings is 2. The molecule has 0 radical (unpaired) electrons. The van der Waals surface area contributed by atoms with Crippen LogP contribution in [0.1, 0.15) is 16.7 Å². The molecule has 0 unspecified atom stereocenters. The van der Waals surface area contributed by atoms with E-state index in [4.69, 9.17) is 11.6 Å². The van der Waals surface area contributed by atoms with Crippen LogP contribution in [0.2, 0.25) is 5.02 Å². The van der Waals surface area contributed by atoms with Gasteiger partial charge in [-0.2, -0.15) is 0 Å². The predicted molar refractivity (Wildman–Crippen MR) is 84.3 cm³/mol. The molecule has 0 atom stereocenters. The lowest BCUT2D eigenvalue weighted by Crippen LogP contribution is -2.00. The SMILES string of the molecule is Cc1ccc(/C=C\S(=O)(=O)Cc2ccccc2Cl)cc1. The maximum Gasteiger partial charge on any atom is 0.175 e. The molecule has 2 nitrogen and oxygen atoms in total. The van der Waals surface area contributed by atoms with E-state index in [-0.39, 0.29) is 5.75 Å². The molecule has 0 fully saturated rings. The fraction of sp³-hybridized carbons (Fsp3) is 0.125. The highest BCUT2D eigenvalue weighted by atomic mass is 35.5. The van der Waals surface area contributed by atoms with E-state index in [1.165, 1.54) is 5.41 Å². The number of aryl methyl sites for hydroxylation is 1. The van der Waals surface area contributed by atoms with Crippen LogP contribution in [0.25, 0.3) is 6.08 Å². The first-order chi connectivity index (χ1) is 9.46. The summed E-state index contributed by atoms with van der Waals surface area (Å²) in [4.78, 5) is 0. The van der Waals surface area contributed by atoms with Crippen molar-refractivity contribution in [2.45, 2.75) is 12.7 Å². The maximum atomic E-state index is 12.0. The number of hydrogen-bond donors (Lipinski definition) is 0. The van der Waals surface area contributed by atoms with Crippen LogP contribution in [0.4, 0.5) is 0 Å². The summed E-state index contributed by atoms with van der Waals surface area (Å²) in [5.74, 6) is -0.0883. The van der Waals surface area contributed by atoms with E-state index < -0.39 is 9.84 Å². The Bertz CT molecular complexity index is 716. The molecule has 0 aliphatic heterocycles. The van der Waals surface area contributed by atoms with E-state index in [0.29, 0.717) is 10.6 Å². The Kier molecular flexibility index (Phi) is 4.63. The molecule has 0 aliphatic rings. The fourth-order valence-corrected chi connectivity index (χ4v) is 3.17. The van der Waals surface area contributed by atoms with Crippen LogP contribution in [-0.2, 0) is 15.6 Å². The van der Waals surface area contributed by atoms with Crippen molar-refractivity contribution < 1.29 is 8.42 Å². The van der Waals surface area contributed by atoms with Gasteiger partial charge in [-0.05, 0) is 30.2 Å². The van der Waals surface area contributed by atoms with Crippen molar-refractivity contribution in [3.05, 3.63) is 75.7 Å². The minimum absolute atomic E-state index is 0.0883. The van der Waals surface area contributed by atoms with Gasteiger partial charge in [0.15, 0.2) is 9.84 Å². The molecule has 2 rings (SSSR count). The van der Waals surface area contributed by atoms with Crippen LogP contribution in [0.15, 0.2) is 53.9 Å². The smallest absolute Gasteiger partial charge is 0.175 e. The van der Waals surface area contributed by atoms with Crippen LogP contribution in [0, 0.1) is 6.92 Å². The number of halogens is 1. The summed E-state index contributed by atoms with van der Waals surface area (Å²) < 4.78 is 24.1. The van der Waals surface area contributed by atoms with Crippen molar-refractivity contribution in [1.29, 1.82) is 0 Å². The van der Waals surface area contributed by atoms with Crippen LogP contribution in [-0.4, -0.2) is 8.42 Å². The summed E-state index contributed by atoms with van der Waals surface area (Å²) in [6.45, 7) is 1.99. The standard InChI is InChI=1S/C16H15ClO2S/c1-13-6-8-14(9-7-13)10-11-20(18,19)12-15-4-2-3-5-16(15)17/h2-11H,12H2,1H3/b11-10-. The Labute approximate surface area is 124 Å². The lowest BCUT2D eigenvalue weighted by Gasteiger charge is -2.02. The molecule has 0 bridgehead atoms.